The number of alkyl halides is 3. The number of amides is 2. The number of rotatable bonds is 5. The first-order chi connectivity index (χ1) is 14.0. The number of anilines is 1. The van der Waals surface area contributed by atoms with E-state index in [4.69, 9.17) is 28.9 Å². The summed E-state index contributed by atoms with van der Waals surface area (Å²) in [5.41, 5.74) is 4.55. The largest absolute Gasteiger partial charge is 0.431 e. The van der Waals surface area contributed by atoms with Gasteiger partial charge in [0.2, 0.25) is 0 Å². The summed E-state index contributed by atoms with van der Waals surface area (Å²) in [6.07, 6.45) is -3.77. The van der Waals surface area contributed by atoms with Crippen LogP contribution in [0.25, 0.3) is 5.57 Å². The molecule has 2 aromatic rings. The van der Waals surface area contributed by atoms with E-state index in [0.717, 1.165) is 6.21 Å². The molecule has 160 valence electrons. The van der Waals surface area contributed by atoms with Crippen LogP contribution in [0.1, 0.15) is 17.0 Å². The van der Waals surface area contributed by atoms with Crippen molar-refractivity contribution in [3.8, 4) is 0 Å². The van der Waals surface area contributed by atoms with Gasteiger partial charge in [-0.05, 0) is 36.8 Å². The molecule has 0 radical (unpaired) electrons. The van der Waals surface area contributed by atoms with E-state index in [9.17, 15) is 18.0 Å². The fourth-order valence-electron chi connectivity index (χ4n) is 2.41. The summed E-state index contributed by atoms with van der Waals surface area (Å²) < 4.78 is 39.0. The fourth-order valence-corrected chi connectivity index (χ4v) is 2.93. The normalized spacial score (nSPS) is 12.6. The zero-order chi connectivity index (χ0) is 22.5. The number of hydrogen-bond acceptors (Lipinski definition) is 5. The third-order valence-corrected chi connectivity index (χ3v) is 4.13. The molecule has 0 aliphatic rings. The molecule has 4 N–H and O–H groups in total. The third kappa shape index (κ3) is 6.33. The summed E-state index contributed by atoms with van der Waals surface area (Å²) in [6, 6.07) is 5.48. The van der Waals surface area contributed by atoms with Gasteiger partial charge in [0.05, 0.1) is 17.9 Å². The molecule has 0 saturated carbocycles. The fraction of sp³-hybridized carbons (Fsp3) is 0.222. The van der Waals surface area contributed by atoms with Crippen LogP contribution in [0.5, 0.6) is 0 Å². The first-order valence-corrected chi connectivity index (χ1v) is 9.10. The highest BCUT2D eigenvalue weighted by molar-refractivity contribution is 6.35. The lowest BCUT2D eigenvalue weighted by Gasteiger charge is -2.13. The SMILES string of the molecule is CN=CC(=C(N)C(F)(F)F)c1nnc(CNC(=O)Nc2cc(Cl)cc(Cl)c2)cc1C. The lowest BCUT2D eigenvalue weighted by Crippen LogP contribution is -2.28. The van der Waals surface area contributed by atoms with Gasteiger partial charge in [0.25, 0.3) is 0 Å². The van der Waals surface area contributed by atoms with Gasteiger partial charge in [0, 0.05) is 34.6 Å². The van der Waals surface area contributed by atoms with Gasteiger partial charge < -0.3 is 16.4 Å². The third-order valence-electron chi connectivity index (χ3n) is 3.69. The highest BCUT2D eigenvalue weighted by Crippen LogP contribution is 2.28. The van der Waals surface area contributed by atoms with Gasteiger partial charge in [-0.3, -0.25) is 4.99 Å². The molecule has 0 aliphatic heterocycles. The maximum Gasteiger partial charge on any atom is 0.431 e. The molecule has 0 aliphatic carbocycles. The topological polar surface area (TPSA) is 105 Å². The summed E-state index contributed by atoms with van der Waals surface area (Å²) in [4.78, 5) is 15.6. The van der Waals surface area contributed by atoms with E-state index in [1.807, 2.05) is 0 Å². The van der Waals surface area contributed by atoms with E-state index in [0.29, 0.717) is 27.0 Å². The minimum Gasteiger partial charge on any atom is -0.394 e. The van der Waals surface area contributed by atoms with E-state index in [1.165, 1.54) is 31.3 Å². The molecule has 0 bridgehead atoms. The lowest BCUT2D eigenvalue weighted by molar-refractivity contribution is -0.0918. The zero-order valence-electron chi connectivity index (χ0n) is 15.8. The van der Waals surface area contributed by atoms with Crippen molar-refractivity contribution in [3.05, 3.63) is 57.0 Å². The molecule has 0 atom stereocenters. The second-order valence-electron chi connectivity index (χ2n) is 6.05. The number of hydrogen-bond donors (Lipinski definition) is 3. The molecular formula is C18H17Cl2F3N6O. The average Bonchev–Trinajstić information content (AvgIpc) is 2.63. The van der Waals surface area contributed by atoms with Gasteiger partial charge in [0.1, 0.15) is 5.70 Å². The van der Waals surface area contributed by atoms with E-state index in [-0.39, 0.29) is 17.8 Å². The monoisotopic (exact) mass is 460 g/mol. The quantitative estimate of drug-likeness (QED) is 0.576. The minimum atomic E-state index is -4.74. The molecule has 12 heteroatoms. The predicted molar refractivity (Wildman–Crippen MR) is 111 cm³/mol. The number of nitrogens with one attached hydrogen (secondary N) is 2. The number of aliphatic imine (C=N–C) groups is 1. The number of urea groups is 1. The Labute approximate surface area is 180 Å². The van der Waals surface area contributed by atoms with Crippen molar-refractivity contribution < 1.29 is 18.0 Å². The second-order valence-corrected chi connectivity index (χ2v) is 6.92. The van der Waals surface area contributed by atoms with Crippen molar-refractivity contribution in [2.45, 2.75) is 19.6 Å². The van der Waals surface area contributed by atoms with Gasteiger partial charge in [-0.25, -0.2) is 4.79 Å². The van der Waals surface area contributed by atoms with Crippen molar-refractivity contribution in [2.24, 2.45) is 10.7 Å². The summed E-state index contributed by atoms with van der Waals surface area (Å²) >= 11 is 11.7. The number of aryl methyl sites for hydroxylation is 1. The highest BCUT2D eigenvalue weighted by atomic mass is 35.5. The van der Waals surface area contributed by atoms with Crippen LogP contribution >= 0.6 is 23.2 Å². The van der Waals surface area contributed by atoms with Crippen molar-refractivity contribution >= 4 is 46.7 Å². The number of carbonyl (C=O) groups excluding carboxylic acids is 1. The molecule has 0 unspecified atom stereocenters. The molecule has 1 aromatic heterocycles. The molecule has 2 rings (SSSR count). The molecule has 2 amide bonds. The number of nitrogens with zero attached hydrogens (tertiary/aromatic N) is 3. The van der Waals surface area contributed by atoms with Crippen molar-refractivity contribution in [1.29, 1.82) is 0 Å². The van der Waals surface area contributed by atoms with Crippen LogP contribution in [-0.2, 0) is 6.54 Å². The summed E-state index contributed by atoms with van der Waals surface area (Å²) in [6.45, 7) is 1.53. The summed E-state index contributed by atoms with van der Waals surface area (Å²) in [7, 11) is 1.32. The number of benzene rings is 1. The zero-order valence-corrected chi connectivity index (χ0v) is 17.3. The van der Waals surface area contributed by atoms with Crippen molar-refractivity contribution in [3.63, 3.8) is 0 Å². The van der Waals surface area contributed by atoms with E-state index >= 15 is 0 Å². The molecule has 1 aromatic carbocycles. The Morgan fingerprint density at radius 3 is 2.37 bits per heavy atom. The molecule has 1 heterocycles. The number of nitrogens with two attached hydrogens (primary N) is 1. The van der Waals surface area contributed by atoms with Gasteiger partial charge in [-0.15, -0.1) is 5.10 Å². The van der Waals surface area contributed by atoms with Crippen LogP contribution in [0, 0.1) is 6.92 Å². The summed E-state index contributed by atoms with van der Waals surface area (Å²) in [5, 5.41) is 13.5. The smallest absolute Gasteiger partial charge is 0.394 e. The Hall–Kier alpha value is -2.85. The standard InChI is InChI=1S/C18H17Cl2F3N6O/c1-9-3-13(7-26-17(30)27-12-5-10(19)4-11(20)6-12)28-29-15(9)14(8-25-2)16(24)18(21,22)23/h3-6,8H,7,24H2,1-2H3,(H2,26,27,30). The highest BCUT2D eigenvalue weighted by Gasteiger charge is 2.35. The van der Waals surface area contributed by atoms with Crippen LogP contribution in [0.15, 0.2) is 35.0 Å². The minimum absolute atomic E-state index is 0.0239. The van der Waals surface area contributed by atoms with Crippen LogP contribution in [0.3, 0.4) is 0 Å². The maximum absolute atomic E-state index is 13.0. The lowest BCUT2D eigenvalue weighted by atomic mass is 10.1. The Balaban J connectivity index is 2.14. The van der Waals surface area contributed by atoms with Gasteiger partial charge in [-0.2, -0.15) is 18.3 Å². The van der Waals surface area contributed by atoms with Gasteiger partial charge in [-0.1, -0.05) is 23.2 Å². The first-order valence-electron chi connectivity index (χ1n) is 8.35. The number of carbonyl (C=O) groups is 1. The second kappa shape index (κ2) is 9.77. The average molecular weight is 461 g/mol. The van der Waals surface area contributed by atoms with E-state index < -0.39 is 17.9 Å². The Morgan fingerprint density at radius 1 is 1.20 bits per heavy atom. The molecule has 30 heavy (non-hydrogen) atoms. The molecule has 0 fully saturated rings. The van der Waals surface area contributed by atoms with Gasteiger partial charge >= 0.3 is 12.2 Å². The van der Waals surface area contributed by atoms with Crippen LogP contribution < -0.4 is 16.4 Å². The number of aromatic nitrogens is 2. The number of allylic oxidation sites excluding steroid dienone is 2. The van der Waals surface area contributed by atoms with E-state index in [2.05, 4.69) is 25.8 Å². The molecular weight excluding hydrogens is 444 g/mol. The van der Waals surface area contributed by atoms with Crippen LogP contribution in [-0.4, -0.2) is 35.7 Å². The Kier molecular flexibility index (Phi) is 7.63. The van der Waals surface area contributed by atoms with Crippen molar-refractivity contribution in [2.75, 3.05) is 12.4 Å². The maximum atomic E-state index is 13.0. The summed E-state index contributed by atoms with van der Waals surface area (Å²) in [5.74, 6) is 0. The first kappa shape index (κ1) is 23.4. The Bertz CT molecular complexity index is 988. The number of halogens is 5. The van der Waals surface area contributed by atoms with Gasteiger partial charge in [0.15, 0.2) is 0 Å². The molecule has 7 nitrogen and oxygen atoms in total. The predicted octanol–water partition coefficient (Wildman–Crippen LogP) is 4.35. The van der Waals surface area contributed by atoms with Crippen LogP contribution in [0.4, 0.5) is 23.7 Å². The Morgan fingerprint density at radius 2 is 1.83 bits per heavy atom. The molecule has 0 spiro atoms. The van der Waals surface area contributed by atoms with Crippen LogP contribution in [0.2, 0.25) is 10.0 Å². The van der Waals surface area contributed by atoms with E-state index in [1.54, 1.807) is 6.92 Å². The molecule has 0 saturated heterocycles. The van der Waals surface area contributed by atoms with Crippen molar-refractivity contribution in [1.82, 2.24) is 15.5 Å².